The summed E-state index contributed by atoms with van der Waals surface area (Å²) >= 11 is 0. The van der Waals surface area contributed by atoms with Gasteiger partial charge in [-0.2, -0.15) is 0 Å². The number of nitrogens with zero attached hydrogens (tertiary/aromatic N) is 1. The molecule has 92 valence electrons. The molecule has 1 unspecified atom stereocenters. The van der Waals surface area contributed by atoms with E-state index in [9.17, 15) is 4.79 Å². The second kappa shape index (κ2) is 6.06. The minimum Gasteiger partial charge on any atom is -0.399 e. The first-order valence-electron chi connectivity index (χ1n) is 5.46. The first-order chi connectivity index (χ1) is 8.04. The zero-order chi connectivity index (χ0) is 12.8. The van der Waals surface area contributed by atoms with E-state index < -0.39 is 0 Å². The number of carbonyl (C=O) groups is 1. The van der Waals surface area contributed by atoms with Crippen LogP contribution in [0.4, 0.5) is 5.69 Å². The predicted octanol–water partition coefficient (Wildman–Crippen LogP) is 1.12. The van der Waals surface area contributed by atoms with E-state index in [-0.39, 0.29) is 18.6 Å². The molecule has 1 aromatic carbocycles. The third-order valence-electron chi connectivity index (χ3n) is 2.63. The van der Waals surface area contributed by atoms with Crippen LogP contribution in [-0.2, 0) is 4.79 Å². The molecular formula is C13H18N2O2. The number of carbonyl (C=O) groups excluding carboxylic acids is 1. The van der Waals surface area contributed by atoms with Crippen molar-refractivity contribution in [1.82, 2.24) is 4.90 Å². The molecule has 0 spiro atoms. The monoisotopic (exact) mass is 234 g/mol. The van der Waals surface area contributed by atoms with E-state index in [4.69, 9.17) is 10.8 Å². The Kier molecular flexibility index (Phi) is 4.72. The summed E-state index contributed by atoms with van der Waals surface area (Å²) in [6.45, 7) is 1.74. The molecule has 1 rings (SSSR count). The highest BCUT2D eigenvalue weighted by Crippen LogP contribution is 2.07. The first-order valence-corrected chi connectivity index (χ1v) is 5.46. The van der Waals surface area contributed by atoms with Gasteiger partial charge >= 0.3 is 0 Å². The molecule has 0 radical (unpaired) electrons. The maximum absolute atomic E-state index is 11.7. The summed E-state index contributed by atoms with van der Waals surface area (Å²) < 4.78 is 0. The Morgan fingerprint density at radius 3 is 2.59 bits per heavy atom. The Labute approximate surface area is 101 Å². The highest BCUT2D eigenvalue weighted by molar-refractivity contribution is 5.91. The molecule has 0 bridgehead atoms. The number of rotatable bonds is 4. The second-order valence-electron chi connectivity index (χ2n) is 3.98. The molecule has 0 saturated heterocycles. The number of nitrogen functional groups attached to an aromatic ring is 1. The summed E-state index contributed by atoms with van der Waals surface area (Å²) in [5.74, 6) is -0.136. The van der Waals surface area contributed by atoms with E-state index in [1.807, 2.05) is 12.1 Å². The number of likely N-dealkylation sites (N-methyl/N-ethyl adjacent to an activating group) is 1. The number of benzene rings is 1. The van der Waals surface area contributed by atoms with Gasteiger partial charge in [0, 0.05) is 18.8 Å². The van der Waals surface area contributed by atoms with Crippen LogP contribution in [0.3, 0.4) is 0 Å². The van der Waals surface area contributed by atoms with E-state index in [1.54, 1.807) is 32.2 Å². The number of hydrogen-bond donors (Lipinski definition) is 2. The minimum atomic E-state index is -0.182. The van der Waals surface area contributed by atoms with Crippen molar-refractivity contribution in [3.05, 3.63) is 35.9 Å². The number of aliphatic hydroxyl groups is 1. The van der Waals surface area contributed by atoms with Crippen molar-refractivity contribution >= 4 is 17.7 Å². The summed E-state index contributed by atoms with van der Waals surface area (Å²) in [4.78, 5) is 13.2. The molecule has 0 aliphatic rings. The van der Waals surface area contributed by atoms with Gasteiger partial charge in [-0.3, -0.25) is 4.79 Å². The molecule has 4 nitrogen and oxygen atoms in total. The predicted molar refractivity (Wildman–Crippen MR) is 69.2 cm³/mol. The number of amides is 1. The fraction of sp³-hybridized carbons (Fsp3) is 0.308. The largest absolute Gasteiger partial charge is 0.399 e. The van der Waals surface area contributed by atoms with Gasteiger partial charge in [0.1, 0.15) is 0 Å². The average molecular weight is 234 g/mol. The zero-order valence-corrected chi connectivity index (χ0v) is 10.1. The van der Waals surface area contributed by atoms with E-state index in [1.165, 1.54) is 11.0 Å². The van der Waals surface area contributed by atoms with Crippen LogP contribution in [0.25, 0.3) is 6.08 Å². The molecule has 0 heterocycles. The third kappa shape index (κ3) is 3.92. The lowest BCUT2D eigenvalue weighted by Gasteiger charge is -2.21. The molecule has 0 aliphatic carbocycles. The molecule has 0 aliphatic heterocycles. The van der Waals surface area contributed by atoms with Crippen LogP contribution in [0.2, 0.25) is 0 Å². The lowest BCUT2D eigenvalue weighted by atomic mass is 10.2. The van der Waals surface area contributed by atoms with Gasteiger partial charge in [-0.15, -0.1) is 0 Å². The molecule has 4 heteroatoms. The smallest absolute Gasteiger partial charge is 0.246 e. The number of nitrogens with two attached hydrogens (primary N) is 1. The molecule has 3 N–H and O–H groups in total. The van der Waals surface area contributed by atoms with Crippen molar-refractivity contribution in [2.45, 2.75) is 13.0 Å². The summed E-state index contributed by atoms with van der Waals surface area (Å²) in [6.07, 6.45) is 3.21. The summed E-state index contributed by atoms with van der Waals surface area (Å²) in [5.41, 5.74) is 7.17. The Morgan fingerprint density at radius 2 is 2.06 bits per heavy atom. The number of anilines is 1. The van der Waals surface area contributed by atoms with Crippen LogP contribution in [0.1, 0.15) is 12.5 Å². The zero-order valence-electron chi connectivity index (χ0n) is 10.1. The SMILES string of the molecule is CC(CO)N(C)C(=O)/C=C/c1ccc(N)cc1. The maximum atomic E-state index is 11.7. The number of hydrogen-bond acceptors (Lipinski definition) is 3. The van der Waals surface area contributed by atoms with Crippen molar-refractivity contribution in [2.75, 3.05) is 19.4 Å². The second-order valence-corrected chi connectivity index (χ2v) is 3.98. The van der Waals surface area contributed by atoms with E-state index in [0.717, 1.165) is 5.56 Å². The molecule has 1 atom stereocenters. The van der Waals surface area contributed by atoms with Crippen LogP contribution < -0.4 is 5.73 Å². The fourth-order valence-electron chi connectivity index (χ4n) is 1.23. The van der Waals surface area contributed by atoms with Gasteiger partial charge in [0.2, 0.25) is 5.91 Å². The van der Waals surface area contributed by atoms with E-state index >= 15 is 0 Å². The Bertz CT molecular complexity index is 398. The van der Waals surface area contributed by atoms with Gasteiger partial charge in [0.05, 0.1) is 12.6 Å². The normalized spacial score (nSPS) is 12.6. The van der Waals surface area contributed by atoms with Gasteiger partial charge in [-0.1, -0.05) is 12.1 Å². The van der Waals surface area contributed by atoms with Gasteiger partial charge in [-0.05, 0) is 30.7 Å². The van der Waals surface area contributed by atoms with Gasteiger partial charge < -0.3 is 15.7 Å². The Morgan fingerprint density at radius 1 is 1.47 bits per heavy atom. The highest BCUT2D eigenvalue weighted by Gasteiger charge is 2.11. The number of aliphatic hydroxyl groups excluding tert-OH is 1. The van der Waals surface area contributed by atoms with Crippen molar-refractivity contribution < 1.29 is 9.90 Å². The Balaban J connectivity index is 2.65. The van der Waals surface area contributed by atoms with Crippen LogP contribution in [-0.4, -0.2) is 35.6 Å². The molecule has 1 aromatic rings. The van der Waals surface area contributed by atoms with Crippen LogP contribution in [0.15, 0.2) is 30.3 Å². The third-order valence-corrected chi connectivity index (χ3v) is 2.63. The minimum absolute atomic E-state index is 0.0437. The molecule has 17 heavy (non-hydrogen) atoms. The van der Waals surface area contributed by atoms with Crippen LogP contribution in [0.5, 0.6) is 0 Å². The van der Waals surface area contributed by atoms with Gasteiger partial charge in [-0.25, -0.2) is 0 Å². The quantitative estimate of drug-likeness (QED) is 0.606. The summed E-state index contributed by atoms with van der Waals surface area (Å²) in [6, 6.07) is 7.07. The molecular weight excluding hydrogens is 216 g/mol. The molecule has 0 aromatic heterocycles. The van der Waals surface area contributed by atoms with Gasteiger partial charge in [0.25, 0.3) is 0 Å². The van der Waals surface area contributed by atoms with Crippen molar-refractivity contribution in [3.8, 4) is 0 Å². The molecule has 1 amide bonds. The van der Waals surface area contributed by atoms with Gasteiger partial charge in [0.15, 0.2) is 0 Å². The van der Waals surface area contributed by atoms with Crippen LogP contribution in [0, 0.1) is 0 Å². The summed E-state index contributed by atoms with van der Waals surface area (Å²) in [5, 5.41) is 8.94. The van der Waals surface area contributed by atoms with Crippen molar-refractivity contribution in [2.24, 2.45) is 0 Å². The van der Waals surface area contributed by atoms with Crippen molar-refractivity contribution in [1.29, 1.82) is 0 Å². The van der Waals surface area contributed by atoms with E-state index in [0.29, 0.717) is 5.69 Å². The Hall–Kier alpha value is -1.81. The average Bonchev–Trinajstić information content (AvgIpc) is 2.35. The standard InChI is InChI=1S/C13H18N2O2/c1-10(9-16)15(2)13(17)8-5-11-3-6-12(14)7-4-11/h3-8,10,16H,9,14H2,1-2H3/b8-5+. The van der Waals surface area contributed by atoms with Crippen molar-refractivity contribution in [3.63, 3.8) is 0 Å². The fourth-order valence-corrected chi connectivity index (χ4v) is 1.23. The lowest BCUT2D eigenvalue weighted by molar-refractivity contribution is -0.127. The van der Waals surface area contributed by atoms with Crippen LogP contribution >= 0.6 is 0 Å². The highest BCUT2D eigenvalue weighted by atomic mass is 16.3. The topological polar surface area (TPSA) is 66.6 Å². The molecule has 0 saturated carbocycles. The summed E-state index contributed by atoms with van der Waals surface area (Å²) in [7, 11) is 1.66. The maximum Gasteiger partial charge on any atom is 0.246 e. The molecule has 0 fully saturated rings. The lowest BCUT2D eigenvalue weighted by Crippen LogP contribution is -2.36. The first kappa shape index (κ1) is 13.3. The van der Waals surface area contributed by atoms with E-state index in [2.05, 4.69) is 0 Å².